The number of para-hydroxylation sites is 1. The first-order valence-corrected chi connectivity index (χ1v) is 8.44. The van der Waals surface area contributed by atoms with Crippen LogP contribution in [0.4, 0.5) is 18.9 Å². The van der Waals surface area contributed by atoms with Gasteiger partial charge in [-0.3, -0.25) is 4.79 Å². The zero-order chi connectivity index (χ0) is 19.4. The van der Waals surface area contributed by atoms with Gasteiger partial charge in [-0.25, -0.2) is 0 Å². The van der Waals surface area contributed by atoms with Gasteiger partial charge in [0.1, 0.15) is 0 Å². The molecule has 0 heterocycles. The lowest BCUT2D eigenvalue weighted by Gasteiger charge is -2.23. The predicted octanol–water partition coefficient (Wildman–Crippen LogP) is 5.86. The zero-order valence-corrected chi connectivity index (χ0v) is 14.7. The molecular weight excluding hydrogens is 351 g/mol. The summed E-state index contributed by atoms with van der Waals surface area (Å²) in [4.78, 5) is 14.5. The van der Waals surface area contributed by atoms with Crippen molar-refractivity contribution in [1.82, 2.24) is 0 Å². The minimum atomic E-state index is -4.42. The number of amides is 1. The predicted molar refractivity (Wildman–Crippen MR) is 99.6 cm³/mol. The fourth-order valence-electron chi connectivity index (χ4n) is 2.77. The number of nitrogens with zero attached hydrogens (tertiary/aromatic N) is 1. The summed E-state index contributed by atoms with van der Waals surface area (Å²) in [5.41, 5.74) is 1.82. The molecule has 0 aliphatic rings. The van der Waals surface area contributed by atoms with Crippen LogP contribution in [0.1, 0.15) is 27.0 Å². The number of benzene rings is 3. The van der Waals surface area contributed by atoms with Crippen molar-refractivity contribution in [3.05, 3.63) is 101 Å². The van der Waals surface area contributed by atoms with Crippen LogP contribution in [-0.4, -0.2) is 5.91 Å². The van der Waals surface area contributed by atoms with Crippen LogP contribution >= 0.6 is 0 Å². The highest BCUT2D eigenvalue weighted by Gasteiger charge is 2.30. The summed E-state index contributed by atoms with van der Waals surface area (Å²) in [5, 5.41) is 0. The van der Waals surface area contributed by atoms with Gasteiger partial charge in [-0.2, -0.15) is 13.2 Å². The van der Waals surface area contributed by atoms with Crippen molar-refractivity contribution in [1.29, 1.82) is 0 Å². The zero-order valence-electron chi connectivity index (χ0n) is 14.7. The van der Waals surface area contributed by atoms with Crippen molar-refractivity contribution in [2.75, 3.05) is 4.90 Å². The van der Waals surface area contributed by atoms with Crippen molar-refractivity contribution < 1.29 is 18.0 Å². The molecule has 0 aromatic heterocycles. The Labute approximate surface area is 155 Å². The molecule has 0 atom stereocenters. The quantitative estimate of drug-likeness (QED) is 0.564. The lowest BCUT2D eigenvalue weighted by Crippen LogP contribution is -2.30. The first-order chi connectivity index (χ1) is 12.8. The molecule has 1 amide bonds. The van der Waals surface area contributed by atoms with E-state index >= 15 is 0 Å². The molecule has 5 heteroatoms. The molecule has 0 fully saturated rings. The lowest BCUT2D eigenvalue weighted by atomic mass is 10.1. The second kappa shape index (κ2) is 7.66. The highest BCUT2D eigenvalue weighted by Crippen LogP contribution is 2.30. The SMILES string of the molecule is Cc1ccc(C(=O)N(Cc2cccc(C(F)(F)F)c2)c2ccccc2)cc1. The smallest absolute Gasteiger partial charge is 0.304 e. The summed E-state index contributed by atoms with van der Waals surface area (Å²) in [6.45, 7) is 1.96. The summed E-state index contributed by atoms with van der Waals surface area (Å²) >= 11 is 0. The first kappa shape index (κ1) is 18.7. The molecule has 0 radical (unpaired) electrons. The van der Waals surface area contributed by atoms with Crippen molar-refractivity contribution in [3.8, 4) is 0 Å². The molecule has 0 saturated heterocycles. The van der Waals surface area contributed by atoms with Gasteiger partial charge in [0, 0.05) is 11.3 Å². The maximum absolute atomic E-state index is 13.0. The fraction of sp³-hybridized carbons (Fsp3) is 0.136. The maximum atomic E-state index is 13.0. The molecule has 3 aromatic rings. The third kappa shape index (κ3) is 4.56. The average molecular weight is 369 g/mol. The summed E-state index contributed by atoms with van der Waals surface area (Å²) in [6, 6.07) is 21.1. The third-order valence-electron chi connectivity index (χ3n) is 4.21. The van der Waals surface area contributed by atoms with Gasteiger partial charge in [0.2, 0.25) is 0 Å². The Hall–Kier alpha value is -3.08. The van der Waals surface area contributed by atoms with E-state index < -0.39 is 11.7 Å². The van der Waals surface area contributed by atoms with E-state index in [2.05, 4.69) is 0 Å². The van der Waals surface area contributed by atoms with Crippen LogP contribution in [0.25, 0.3) is 0 Å². The summed E-state index contributed by atoms with van der Waals surface area (Å²) < 4.78 is 39.0. The standard InChI is InChI=1S/C22H18F3NO/c1-16-10-12-18(13-11-16)21(27)26(20-8-3-2-4-9-20)15-17-6-5-7-19(14-17)22(23,24)25/h2-14H,15H2,1H3. The van der Waals surface area contributed by atoms with Crippen molar-refractivity contribution in [2.45, 2.75) is 19.6 Å². The number of halogens is 3. The molecule has 138 valence electrons. The van der Waals surface area contributed by atoms with Gasteiger partial charge in [-0.15, -0.1) is 0 Å². The Morgan fingerprint density at radius 1 is 0.889 bits per heavy atom. The first-order valence-electron chi connectivity index (χ1n) is 8.44. The van der Waals surface area contributed by atoms with Crippen LogP contribution < -0.4 is 4.90 Å². The van der Waals surface area contributed by atoms with E-state index in [9.17, 15) is 18.0 Å². The largest absolute Gasteiger partial charge is 0.416 e. The van der Waals surface area contributed by atoms with E-state index in [-0.39, 0.29) is 12.5 Å². The van der Waals surface area contributed by atoms with Crippen LogP contribution in [0.2, 0.25) is 0 Å². The van der Waals surface area contributed by atoms with E-state index in [1.165, 1.54) is 11.0 Å². The van der Waals surface area contributed by atoms with E-state index in [1.54, 1.807) is 42.5 Å². The van der Waals surface area contributed by atoms with Gasteiger partial charge in [-0.05, 0) is 48.9 Å². The fourth-order valence-corrected chi connectivity index (χ4v) is 2.77. The van der Waals surface area contributed by atoms with Crippen LogP contribution in [-0.2, 0) is 12.7 Å². The van der Waals surface area contributed by atoms with Crippen LogP contribution in [0.5, 0.6) is 0 Å². The third-order valence-corrected chi connectivity index (χ3v) is 4.21. The Balaban J connectivity index is 1.96. The molecule has 0 aliphatic carbocycles. The van der Waals surface area contributed by atoms with Crippen LogP contribution in [0.3, 0.4) is 0 Å². The number of carbonyl (C=O) groups is 1. The maximum Gasteiger partial charge on any atom is 0.416 e. The highest BCUT2D eigenvalue weighted by atomic mass is 19.4. The summed E-state index contributed by atoms with van der Waals surface area (Å²) in [5.74, 6) is -0.265. The molecule has 0 unspecified atom stereocenters. The number of rotatable bonds is 4. The minimum absolute atomic E-state index is 0.0423. The number of carbonyl (C=O) groups excluding carboxylic acids is 1. The monoisotopic (exact) mass is 369 g/mol. The van der Waals surface area contributed by atoms with Crippen molar-refractivity contribution in [3.63, 3.8) is 0 Å². The van der Waals surface area contributed by atoms with Crippen molar-refractivity contribution in [2.24, 2.45) is 0 Å². The minimum Gasteiger partial charge on any atom is -0.304 e. The summed E-state index contributed by atoms with van der Waals surface area (Å²) in [6.07, 6.45) is -4.42. The van der Waals surface area contributed by atoms with Gasteiger partial charge in [0.25, 0.3) is 5.91 Å². The molecule has 0 bridgehead atoms. The van der Waals surface area contributed by atoms with Crippen LogP contribution in [0, 0.1) is 6.92 Å². The Kier molecular flexibility index (Phi) is 5.31. The molecule has 3 aromatic carbocycles. The van der Waals surface area contributed by atoms with Crippen molar-refractivity contribution >= 4 is 11.6 Å². The number of alkyl halides is 3. The van der Waals surface area contributed by atoms with Gasteiger partial charge in [0.05, 0.1) is 12.1 Å². The number of aryl methyl sites for hydroxylation is 1. The molecule has 0 saturated carbocycles. The molecule has 2 nitrogen and oxygen atoms in total. The normalized spacial score (nSPS) is 11.3. The van der Waals surface area contributed by atoms with Gasteiger partial charge >= 0.3 is 6.18 Å². The van der Waals surface area contributed by atoms with E-state index in [1.807, 2.05) is 25.1 Å². The second-order valence-corrected chi connectivity index (χ2v) is 6.29. The van der Waals surface area contributed by atoms with E-state index in [4.69, 9.17) is 0 Å². The molecule has 3 rings (SSSR count). The number of hydrogen-bond donors (Lipinski definition) is 0. The summed E-state index contributed by atoms with van der Waals surface area (Å²) in [7, 11) is 0. The highest BCUT2D eigenvalue weighted by molar-refractivity contribution is 6.06. The van der Waals surface area contributed by atoms with Crippen LogP contribution in [0.15, 0.2) is 78.9 Å². The molecule has 0 aliphatic heterocycles. The van der Waals surface area contributed by atoms with Gasteiger partial charge < -0.3 is 4.90 Å². The Morgan fingerprint density at radius 2 is 1.56 bits per heavy atom. The Morgan fingerprint density at radius 3 is 2.19 bits per heavy atom. The van der Waals surface area contributed by atoms with E-state index in [0.717, 1.165) is 17.7 Å². The lowest BCUT2D eigenvalue weighted by molar-refractivity contribution is -0.137. The van der Waals surface area contributed by atoms with E-state index in [0.29, 0.717) is 16.8 Å². The average Bonchev–Trinajstić information content (AvgIpc) is 2.66. The topological polar surface area (TPSA) is 20.3 Å². The molecular formula is C22H18F3NO. The van der Waals surface area contributed by atoms with Gasteiger partial charge in [0.15, 0.2) is 0 Å². The number of anilines is 1. The Bertz CT molecular complexity index is 918. The second-order valence-electron chi connectivity index (χ2n) is 6.29. The molecule has 27 heavy (non-hydrogen) atoms. The molecule has 0 N–H and O–H groups in total. The molecule has 0 spiro atoms. The van der Waals surface area contributed by atoms with Gasteiger partial charge in [-0.1, -0.05) is 48.0 Å². The number of hydrogen-bond acceptors (Lipinski definition) is 1.